The number of carbonyl (C=O) groups excluding carboxylic acids is 1. The lowest BCUT2D eigenvalue weighted by Crippen LogP contribution is -2.16. The molecule has 3 heteroatoms. The van der Waals surface area contributed by atoms with Crippen LogP contribution in [0.4, 0.5) is 0 Å². The van der Waals surface area contributed by atoms with Crippen LogP contribution in [0.2, 0.25) is 0 Å². The number of carbonyl (C=O) groups is 1. The maximum atomic E-state index is 12.6. The van der Waals surface area contributed by atoms with E-state index in [1.807, 2.05) is 18.2 Å². The van der Waals surface area contributed by atoms with Crippen LogP contribution in [0.25, 0.3) is 0 Å². The largest absolute Gasteiger partial charge is 0.486 e. The lowest BCUT2D eigenvalue weighted by Gasteiger charge is -2.18. The van der Waals surface area contributed by atoms with E-state index in [-0.39, 0.29) is 22.5 Å². The van der Waals surface area contributed by atoms with Crippen molar-refractivity contribution in [3.05, 3.63) is 23.8 Å². The van der Waals surface area contributed by atoms with Gasteiger partial charge in [-0.05, 0) is 29.0 Å². The molecule has 3 rings (SSSR count). The van der Waals surface area contributed by atoms with Gasteiger partial charge in [0.05, 0.1) is 0 Å². The van der Waals surface area contributed by atoms with Gasteiger partial charge in [0.25, 0.3) is 0 Å². The summed E-state index contributed by atoms with van der Waals surface area (Å²) in [6.07, 6.45) is 0. The molecule has 0 spiro atoms. The number of rotatable bonds is 2. The summed E-state index contributed by atoms with van der Waals surface area (Å²) < 4.78 is 11.0. The molecule has 0 radical (unpaired) electrons. The minimum Gasteiger partial charge on any atom is -0.486 e. The standard InChI is InChI=1S/C16H20O3/c1-15(2)14(16(15,3)4)13(17)10-5-6-11-12(9-10)19-8-7-18-11/h5-6,9,14H,7-8H2,1-4H3. The zero-order chi connectivity index (χ0) is 13.8. The van der Waals surface area contributed by atoms with Crippen LogP contribution < -0.4 is 9.47 Å². The van der Waals surface area contributed by atoms with Crippen LogP contribution in [-0.2, 0) is 0 Å². The van der Waals surface area contributed by atoms with Crippen molar-refractivity contribution in [1.29, 1.82) is 0 Å². The van der Waals surface area contributed by atoms with Crippen LogP contribution >= 0.6 is 0 Å². The summed E-state index contributed by atoms with van der Waals surface area (Å²) in [4.78, 5) is 12.6. The van der Waals surface area contributed by atoms with E-state index < -0.39 is 0 Å². The Bertz CT molecular complexity index is 529. The first-order chi connectivity index (χ1) is 8.85. The van der Waals surface area contributed by atoms with E-state index in [4.69, 9.17) is 9.47 Å². The van der Waals surface area contributed by atoms with Gasteiger partial charge in [-0.2, -0.15) is 0 Å². The Morgan fingerprint density at radius 3 is 2.21 bits per heavy atom. The molecule has 1 aromatic carbocycles. The van der Waals surface area contributed by atoms with E-state index in [9.17, 15) is 4.79 Å². The highest BCUT2D eigenvalue weighted by Gasteiger charge is 2.67. The number of Topliss-reactive ketones (excluding diaryl/α,β-unsaturated/α-hetero) is 1. The first kappa shape index (κ1) is 12.5. The average molecular weight is 260 g/mol. The Kier molecular flexibility index (Phi) is 2.47. The molecule has 0 N–H and O–H groups in total. The van der Waals surface area contributed by atoms with Crippen LogP contribution in [0.1, 0.15) is 38.1 Å². The average Bonchev–Trinajstić information content (AvgIpc) is 2.78. The zero-order valence-corrected chi connectivity index (χ0v) is 11.9. The SMILES string of the molecule is CC1(C)C(C(=O)c2ccc3c(c2)OCCO3)C1(C)C. The lowest BCUT2D eigenvalue weighted by molar-refractivity contribution is 0.0944. The second-order valence-electron chi connectivity index (χ2n) is 6.60. The third-order valence-corrected chi connectivity index (χ3v) is 5.11. The smallest absolute Gasteiger partial charge is 0.167 e. The molecule has 19 heavy (non-hydrogen) atoms. The molecule has 0 amide bonds. The maximum absolute atomic E-state index is 12.6. The Morgan fingerprint density at radius 2 is 1.63 bits per heavy atom. The number of fused-ring (bicyclic) bond motifs is 1. The number of hydrogen-bond donors (Lipinski definition) is 0. The highest BCUT2D eigenvalue weighted by Crippen LogP contribution is 2.69. The van der Waals surface area contributed by atoms with Crippen LogP contribution in [0.5, 0.6) is 11.5 Å². The van der Waals surface area contributed by atoms with Crippen LogP contribution in [0.15, 0.2) is 18.2 Å². The Morgan fingerprint density at radius 1 is 1.05 bits per heavy atom. The molecule has 0 atom stereocenters. The molecule has 2 aliphatic rings. The third kappa shape index (κ3) is 1.67. The van der Waals surface area contributed by atoms with Crippen molar-refractivity contribution in [3.63, 3.8) is 0 Å². The highest BCUT2D eigenvalue weighted by molar-refractivity contribution is 6.01. The summed E-state index contributed by atoms with van der Waals surface area (Å²) >= 11 is 0. The van der Waals surface area contributed by atoms with Gasteiger partial charge in [-0.3, -0.25) is 4.79 Å². The second-order valence-corrected chi connectivity index (χ2v) is 6.60. The van der Waals surface area contributed by atoms with Crippen molar-refractivity contribution >= 4 is 5.78 Å². The summed E-state index contributed by atoms with van der Waals surface area (Å²) in [5.41, 5.74) is 0.863. The number of ether oxygens (including phenoxy) is 2. The molecular weight excluding hydrogens is 240 g/mol. The quantitative estimate of drug-likeness (QED) is 0.765. The molecule has 1 heterocycles. The van der Waals surface area contributed by atoms with Crippen LogP contribution in [-0.4, -0.2) is 19.0 Å². The van der Waals surface area contributed by atoms with Gasteiger partial charge in [0.1, 0.15) is 13.2 Å². The van der Waals surface area contributed by atoms with Gasteiger partial charge >= 0.3 is 0 Å². The predicted molar refractivity (Wildman–Crippen MR) is 72.8 cm³/mol. The highest BCUT2D eigenvalue weighted by atomic mass is 16.6. The molecule has 1 aromatic rings. The van der Waals surface area contributed by atoms with Crippen molar-refractivity contribution in [2.45, 2.75) is 27.7 Å². The van der Waals surface area contributed by atoms with Crippen LogP contribution in [0.3, 0.4) is 0 Å². The predicted octanol–water partition coefficient (Wildman–Crippen LogP) is 3.32. The van der Waals surface area contributed by atoms with Gasteiger partial charge in [-0.15, -0.1) is 0 Å². The molecule has 1 saturated carbocycles. The molecule has 1 fully saturated rings. The fourth-order valence-corrected chi connectivity index (χ4v) is 3.22. The van der Waals surface area contributed by atoms with Crippen molar-refractivity contribution in [2.24, 2.45) is 16.7 Å². The number of ketones is 1. The molecular formula is C16H20O3. The minimum absolute atomic E-state index is 0.0668. The van der Waals surface area contributed by atoms with E-state index in [0.717, 1.165) is 11.3 Å². The van der Waals surface area contributed by atoms with Gasteiger partial charge in [0.15, 0.2) is 17.3 Å². The summed E-state index contributed by atoms with van der Waals surface area (Å²) in [7, 11) is 0. The fraction of sp³-hybridized carbons (Fsp3) is 0.562. The van der Waals surface area contributed by atoms with Crippen molar-refractivity contribution < 1.29 is 14.3 Å². The summed E-state index contributed by atoms with van der Waals surface area (Å²) in [6.45, 7) is 9.76. The maximum Gasteiger partial charge on any atom is 0.167 e. The Hall–Kier alpha value is -1.51. The summed E-state index contributed by atoms with van der Waals surface area (Å²) in [5, 5.41) is 0. The van der Waals surface area contributed by atoms with Crippen molar-refractivity contribution in [1.82, 2.24) is 0 Å². The van der Waals surface area contributed by atoms with E-state index in [0.29, 0.717) is 19.0 Å². The van der Waals surface area contributed by atoms with E-state index in [2.05, 4.69) is 27.7 Å². The molecule has 3 nitrogen and oxygen atoms in total. The Balaban J connectivity index is 1.90. The van der Waals surface area contributed by atoms with Gasteiger partial charge in [-0.25, -0.2) is 0 Å². The van der Waals surface area contributed by atoms with E-state index >= 15 is 0 Å². The molecule has 102 valence electrons. The second kappa shape index (κ2) is 3.75. The fourth-order valence-electron chi connectivity index (χ4n) is 3.22. The van der Waals surface area contributed by atoms with Crippen molar-refractivity contribution in [2.75, 3.05) is 13.2 Å². The first-order valence-electron chi connectivity index (χ1n) is 6.79. The molecule has 0 saturated heterocycles. The van der Waals surface area contributed by atoms with Gasteiger partial charge < -0.3 is 9.47 Å². The third-order valence-electron chi connectivity index (χ3n) is 5.11. The van der Waals surface area contributed by atoms with Gasteiger partial charge in [-0.1, -0.05) is 27.7 Å². The van der Waals surface area contributed by atoms with Gasteiger partial charge in [0.2, 0.25) is 0 Å². The zero-order valence-electron chi connectivity index (χ0n) is 11.9. The van der Waals surface area contributed by atoms with E-state index in [1.165, 1.54) is 0 Å². The number of benzene rings is 1. The molecule has 0 unspecified atom stereocenters. The molecule has 0 aromatic heterocycles. The topological polar surface area (TPSA) is 35.5 Å². The lowest BCUT2D eigenvalue weighted by atomic mass is 10.0. The first-order valence-corrected chi connectivity index (χ1v) is 6.79. The molecule has 1 aliphatic heterocycles. The minimum atomic E-state index is 0.0668. The number of hydrogen-bond acceptors (Lipinski definition) is 3. The summed E-state index contributed by atoms with van der Waals surface area (Å²) in [6, 6.07) is 5.51. The van der Waals surface area contributed by atoms with Crippen molar-refractivity contribution in [3.8, 4) is 11.5 Å². The summed E-state index contributed by atoms with van der Waals surface area (Å²) in [5.74, 6) is 1.72. The molecule has 0 bridgehead atoms. The molecule has 1 aliphatic carbocycles. The normalized spacial score (nSPS) is 22.9. The van der Waals surface area contributed by atoms with Crippen LogP contribution in [0, 0.1) is 16.7 Å². The van der Waals surface area contributed by atoms with E-state index in [1.54, 1.807) is 0 Å². The monoisotopic (exact) mass is 260 g/mol. The Labute approximate surface area is 113 Å². The van der Waals surface area contributed by atoms with Gasteiger partial charge in [0, 0.05) is 11.5 Å².